The van der Waals surface area contributed by atoms with Gasteiger partial charge >= 0.3 is 0 Å². The molecule has 5 heterocycles. The van der Waals surface area contributed by atoms with Gasteiger partial charge in [-0.05, 0) is 60.7 Å². The van der Waals surface area contributed by atoms with E-state index >= 15 is 0 Å². The molecule has 2 aromatic carbocycles. The number of carbonyl (C=O) groups is 4. The maximum atomic E-state index is 12.8. The van der Waals surface area contributed by atoms with Crippen molar-refractivity contribution in [1.29, 1.82) is 0 Å². The average molecular weight is 952 g/mol. The fourth-order valence-corrected chi connectivity index (χ4v) is 8.93. The molecular formula is C49H56Cl2N10O6. The minimum absolute atomic E-state index is 0.0583. The molecule has 0 spiro atoms. The third-order valence-electron chi connectivity index (χ3n) is 12.0. The van der Waals surface area contributed by atoms with Gasteiger partial charge in [0, 0.05) is 103 Å². The van der Waals surface area contributed by atoms with Gasteiger partial charge in [0.1, 0.15) is 30.4 Å². The van der Waals surface area contributed by atoms with E-state index in [9.17, 15) is 29.4 Å². The predicted molar refractivity (Wildman–Crippen MR) is 259 cm³/mol. The number of aromatic amines is 1. The van der Waals surface area contributed by atoms with Crippen molar-refractivity contribution in [2.45, 2.75) is 84.2 Å². The number of amides is 4. The Bertz CT molecular complexity index is 2720. The summed E-state index contributed by atoms with van der Waals surface area (Å²) in [5.74, 6) is -0.416. The number of halogens is 2. The first-order valence-corrected chi connectivity index (χ1v) is 23.5. The van der Waals surface area contributed by atoms with E-state index in [-0.39, 0.29) is 54.6 Å². The van der Waals surface area contributed by atoms with Crippen LogP contribution in [0.4, 0.5) is 5.82 Å². The van der Waals surface area contributed by atoms with Crippen LogP contribution in [0.15, 0.2) is 67.1 Å². The molecule has 0 aliphatic carbocycles. The number of unbranched alkanes of at least 4 members (excludes halogenated alkanes) is 6. The van der Waals surface area contributed by atoms with Gasteiger partial charge in [0.2, 0.25) is 17.7 Å². The summed E-state index contributed by atoms with van der Waals surface area (Å²) < 4.78 is 1.58. The minimum atomic E-state index is -0.556. The Hall–Kier alpha value is -6.49. The predicted octanol–water partition coefficient (Wildman–Crippen LogP) is 6.97. The zero-order chi connectivity index (χ0) is 47.5. The summed E-state index contributed by atoms with van der Waals surface area (Å²) in [5, 5.41) is 34.1. The number of carbonyl (C=O) groups excluding carboxylic acids is 4. The summed E-state index contributed by atoms with van der Waals surface area (Å²) in [4.78, 5) is 64.0. The van der Waals surface area contributed by atoms with Crippen LogP contribution in [0.5, 0.6) is 5.75 Å². The second-order valence-electron chi connectivity index (χ2n) is 16.6. The molecule has 0 fully saturated rings. The number of aliphatic hydroxyl groups is 1. The quantitative estimate of drug-likeness (QED) is 0.0366. The molecule has 7 rings (SSSR count). The van der Waals surface area contributed by atoms with Gasteiger partial charge in [-0.25, -0.2) is 4.98 Å². The lowest BCUT2D eigenvalue weighted by atomic mass is 9.92. The van der Waals surface area contributed by atoms with Crippen molar-refractivity contribution in [2.24, 2.45) is 0 Å². The van der Waals surface area contributed by atoms with Crippen LogP contribution in [0.1, 0.15) is 85.6 Å². The van der Waals surface area contributed by atoms with Gasteiger partial charge in [0.15, 0.2) is 0 Å². The SMILES string of the molecule is CCc1c(-c2ccc(C(=O)NCCC(=O)NCCCCCCCCCNC(=O)Cn3ccc(-c4cc(Cl)c(Cl)c5[nH]c6c(c45)CN(C(=O)CO)CC6)n3)nc2)cnc(N)c1-c1ccc(O)cc1. The van der Waals surface area contributed by atoms with Crippen LogP contribution in [0.3, 0.4) is 0 Å². The topological polar surface area (TPSA) is 233 Å². The fraction of sp³-hybridized carbons (Fsp3) is 0.367. The van der Waals surface area contributed by atoms with E-state index in [0.29, 0.717) is 66.1 Å². The molecule has 0 saturated carbocycles. The van der Waals surface area contributed by atoms with Crippen molar-refractivity contribution >= 4 is 63.6 Å². The Labute approximate surface area is 398 Å². The Kier molecular flexibility index (Phi) is 16.5. The monoisotopic (exact) mass is 950 g/mol. The lowest BCUT2D eigenvalue weighted by Gasteiger charge is -2.26. The number of nitrogens with one attached hydrogen (secondary N) is 4. The summed E-state index contributed by atoms with van der Waals surface area (Å²) in [5.41, 5.74) is 14.7. The van der Waals surface area contributed by atoms with Gasteiger partial charge in [-0.1, -0.05) is 80.4 Å². The first-order valence-electron chi connectivity index (χ1n) is 22.7. The zero-order valence-corrected chi connectivity index (χ0v) is 39.0. The number of pyridine rings is 2. The molecule has 6 aromatic rings. The lowest BCUT2D eigenvalue weighted by molar-refractivity contribution is -0.135. The second kappa shape index (κ2) is 22.8. The van der Waals surface area contributed by atoms with Gasteiger partial charge in [-0.3, -0.25) is 28.8 Å². The fourth-order valence-electron chi connectivity index (χ4n) is 8.53. The smallest absolute Gasteiger partial charge is 0.269 e. The van der Waals surface area contributed by atoms with E-state index in [2.05, 4.69) is 36.0 Å². The highest BCUT2D eigenvalue weighted by Gasteiger charge is 2.28. The molecule has 1 aliphatic rings. The molecule has 1 aliphatic heterocycles. The highest BCUT2D eigenvalue weighted by atomic mass is 35.5. The first-order chi connectivity index (χ1) is 32.4. The number of anilines is 1. The van der Waals surface area contributed by atoms with E-state index in [1.807, 2.05) is 19.1 Å². The Morgan fingerprint density at radius 2 is 1.54 bits per heavy atom. The molecule has 0 bridgehead atoms. The number of aromatic nitrogens is 5. The molecule has 0 saturated heterocycles. The van der Waals surface area contributed by atoms with Crippen LogP contribution >= 0.6 is 23.2 Å². The first kappa shape index (κ1) is 48.4. The number of rotatable bonds is 21. The van der Waals surface area contributed by atoms with E-state index in [1.54, 1.807) is 64.6 Å². The number of hydrogen-bond donors (Lipinski definition) is 7. The number of nitrogen functional groups attached to an aromatic ring is 1. The van der Waals surface area contributed by atoms with E-state index < -0.39 is 6.61 Å². The van der Waals surface area contributed by atoms with Crippen LogP contribution in [-0.2, 0) is 40.3 Å². The third kappa shape index (κ3) is 11.9. The van der Waals surface area contributed by atoms with Gasteiger partial charge in [0.25, 0.3) is 5.91 Å². The Morgan fingerprint density at radius 3 is 2.22 bits per heavy atom. The molecule has 16 nitrogen and oxygen atoms in total. The van der Waals surface area contributed by atoms with E-state index in [1.165, 1.54) is 0 Å². The van der Waals surface area contributed by atoms with Gasteiger partial charge in [-0.2, -0.15) is 5.10 Å². The summed E-state index contributed by atoms with van der Waals surface area (Å²) >= 11 is 13.1. The maximum Gasteiger partial charge on any atom is 0.269 e. The highest BCUT2D eigenvalue weighted by Crippen LogP contribution is 2.42. The molecule has 4 aromatic heterocycles. The number of phenolic OH excluding ortho intramolecular Hbond substituents is 1. The summed E-state index contributed by atoms with van der Waals surface area (Å²) in [6.07, 6.45) is 13.4. The number of aliphatic hydroxyl groups excluding tert-OH is 1. The van der Waals surface area contributed by atoms with Gasteiger partial charge in [0.05, 0.1) is 21.3 Å². The van der Waals surface area contributed by atoms with Gasteiger partial charge in [-0.15, -0.1) is 0 Å². The van der Waals surface area contributed by atoms with Crippen LogP contribution in [0, 0.1) is 0 Å². The number of nitrogens with two attached hydrogens (primary N) is 1. The number of phenols is 1. The summed E-state index contributed by atoms with van der Waals surface area (Å²) in [7, 11) is 0. The van der Waals surface area contributed by atoms with Crippen LogP contribution < -0.4 is 21.7 Å². The second-order valence-corrected chi connectivity index (χ2v) is 17.4. The van der Waals surface area contributed by atoms with Crippen molar-refractivity contribution in [2.75, 3.05) is 38.5 Å². The van der Waals surface area contributed by atoms with Crippen molar-refractivity contribution in [3.63, 3.8) is 0 Å². The van der Waals surface area contributed by atoms with Crippen LogP contribution in [0.2, 0.25) is 10.0 Å². The lowest BCUT2D eigenvalue weighted by Crippen LogP contribution is -2.37. The third-order valence-corrected chi connectivity index (χ3v) is 12.8. The number of aromatic hydroxyl groups is 1. The number of hydrogen-bond acceptors (Lipinski definition) is 10. The molecule has 18 heteroatoms. The van der Waals surface area contributed by atoms with Crippen LogP contribution in [-0.4, -0.2) is 96.3 Å². The van der Waals surface area contributed by atoms with Crippen molar-refractivity contribution in [1.82, 2.24) is 45.6 Å². The zero-order valence-electron chi connectivity index (χ0n) is 37.5. The molecule has 352 valence electrons. The van der Waals surface area contributed by atoms with Crippen molar-refractivity contribution < 1.29 is 29.4 Å². The number of nitrogens with zero attached hydrogens (tertiary/aromatic N) is 5. The normalized spacial score (nSPS) is 12.3. The average Bonchev–Trinajstić information content (AvgIpc) is 3.96. The standard InChI is InChI=1S/C49H56Cl2N10O6/c1-2-33-35(26-57-48(52)44(33)30-10-13-32(63)14-11-30)31-12-15-40(56-25-31)49(67)55-21-16-41(64)53-19-8-6-4-3-5-7-9-20-54-42(65)28-61-23-18-39(59-61)34-24-37(50)46(51)47-45(34)36-27-60(43(66)29-62)22-17-38(36)58-47/h10-15,18,23-26,58,62-63H,2-9,16-17,19-22,27-29H2,1H3,(H2,52,57)(H,53,64)(H,54,65)(H,55,67). The van der Waals surface area contributed by atoms with Gasteiger partial charge < -0.3 is 41.8 Å². The minimum Gasteiger partial charge on any atom is -0.508 e. The number of fused-ring (bicyclic) bond motifs is 3. The Balaban J connectivity index is 0.741. The van der Waals surface area contributed by atoms with E-state index in [4.69, 9.17) is 28.9 Å². The van der Waals surface area contributed by atoms with Crippen LogP contribution in [0.25, 0.3) is 44.4 Å². The molecule has 0 unspecified atom stereocenters. The molecule has 0 atom stereocenters. The molecule has 8 N–H and O–H groups in total. The van der Waals surface area contributed by atoms with Crippen molar-refractivity contribution in [3.05, 3.63) is 99.7 Å². The molecular weight excluding hydrogens is 896 g/mol. The Morgan fingerprint density at radius 1 is 0.836 bits per heavy atom. The maximum absolute atomic E-state index is 12.8. The molecule has 67 heavy (non-hydrogen) atoms. The highest BCUT2D eigenvalue weighted by molar-refractivity contribution is 6.45. The van der Waals surface area contributed by atoms with E-state index in [0.717, 1.165) is 95.0 Å². The summed E-state index contributed by atoms with van der Waals surface area (Å²) in [6.45, 7) is 3.67. The van der Waals surface area contributed by atoms with Crippen molar-refractivity contribution in [3.8, 4) is 39.3 Å². The number of benzene rings is 2. The molecule has 0 radical (unpaired) electrons. The largest absolute Gasteiger partial charge is 0.508 e. The summed E-state index contributed by atoms with van der Waals surface area (Å²) in [6, 6.07) is 13.9. The number of H-pyrrole nitrogens is 1. The molecule has 4 amide bonds.